The summed E-state index contributed by atoms with van der Waals surface area (Å²) in [6, 6.07) is -3.14. The Bertz CT molecular complexity index is 891. The molecule has 0 heterocycles. The molecule has 3 atom stereocenters. The third kappa shape index (κ3) is 26.1. The number of esters is 3. The third-order valence-corrected chi connectivity index (χ3v) is 9.06. The summed E-state index contributed by atoms with van der Waals surface area (Å²) in [5.74, 6) is -2.31. The monoisotopic (exact) mass is 742 g/mol. The Morgan fingerprint density at radius 2 is 1.31 bits per heavy atom. The van der Waals surface area contributed by atoms with Gasteiger partial charge in [-0.05, 0) is 49.2 Å². The van der Waals surface area contributed by atoms with Crippen LogP contribution < -0.4 is 20.3 Å². The number of methoxy groups -OCH3 is 1. The zero-order chi connectivity index (χ0) is 35.8. The van der Waals surface area contributed by atoms with Crippen molar-refractivity contribution in [2.24, 2.45) is 0 Å². The number of unbranched alkanes of at least 4 members (excludes halogenated alkanes) is 13. The van der Waals surface area contributed by atoms with Gasteiger partial charge in [-0.15, -0.1) is 0 Å². The number of halogens is 2. The van der Waals surface area contributed by atoms with Crippen molar-refractivity contribution in [2.45, 2.75) is 141 Å². The molecule has 0 fully saturated rings. The van der Waals surface area contributed by atoms with Gasteiger partial charge in [-0.3, -0.25) is 19.2 Å². The summed E-state index contributed by atoms with van der Waals surface area (Å²) in [5.41, 5.74) is 0. The zero-order valence-electron chi connectivity index (χ0n) is 29.2. The second-order valence-electron chi connectivity index (χ2n) is 11.8. The number of hydrogen-bond donors (Lipinski definition) is 4. The molecular weight excluding hydrogens is 683 g/mol. The normalized spacial score (nSPS) is 12.9. The summed E-state index contributed by atoms with van der Waals surface area (Å²) in [7, 11) is 1.14. The molecular formula is C33H60Cl2N4O8S. The lowest BCUT2D eigenvalue weighted by atomic mass is 10.0. The SMILES string of the molecule is CCCCCCCCCCCCCCCC(=O)OCCSC[C@H](NC(C)=O)C(=O)N[C@@H](COC(=O)[C@H](CCCCNCl)NCl)C(=O)OC. The first-order valence-corrected chi connectivity index (χ1v) is 19.4. The van der Waals surface area contributed by atoms with Crippen molar-refractivity contribution in [3.63, 3.8) is 0 Å². The van der Waals surface area contributed by atoms with Crippen molar-refractivity contribution >= 4 is 65.0 Å². The van der Waals surface area contributed by atoms with Crippen LogP contribution in [0.2, 0.25) is 0 Å². The van der Waals surface area contributed by atoms with Crippen molar-refractivity contribution in [3.05, 3.63) is 0 Å². The van der Waals surface area contributed by atoms with Crippen molar-refractivity contribution in [1.82, 2.24) is 20.3 Å². The minimum atomic E-state index is -1.31. The predicted octanol–water partition coefficient (Wildman–Crippen LogP) is 5.48. The number of rotatable bonds is 32. The highest BCUT2D eigenvalue weighted by Crippen LogP contribution is 2.13. The lowest BCUT2D eigenvalue weighted by Gasteiger charge is -2.22. The maximum absolute atomic E-state index is 13.0. The second kappa shape index (κ2) is 32.4. The molecule has 0 aliphatic carbocycles. The Kier molecular flexibility index (Phi) is 31.2. The first-order valence-electron chi connectivity index (χ1n) is 17.4. The number of amides is 2. The fourth-order valence-electron chi connectivity index (χ4n) is 4.81. The average molecular weight is 744 g/mol. The summed E-state index contributed by atoms with van der Waals surface area (Å²) >= 11 is 12.4. The number of hydrogen-bond acceptors (Lipinski definition) is 11. The number of carbonyl (C=O) groups excluding carboxylic acids is 5. The maximum Gasteiger partial charge on any atom is 0.331 e. The van der Waals surface area contributed by atoms with E-state index in [1.165, 1.54) is 82.9 Å². The average Bonchev–Trinajstić information content (AvgIpc) is 3.07. The molecule has 0 aliphatic heterocycles. The van der Waals surface area contributed by atoms with Crippen LogP contribution in [0.3, 0.4) is 0 Å². The van der Waals surface area contributed by atoms with Crippen LogP contribution in [0.4, 0.5) is 0 Å². The second-order valence-corrected chi connectivity index (χ2v) is 13.4. The van der Waals surface area contributed by atoms with Crippen LogP contribution in [0.1, 0.15) is 123 Å². The van der Waals surface area contributed by atoms with Crippen molar-refractivity contribution in [1.29, 1.82) is 0 Å². The number of thioether (sulfide) groups is 1. The van der Waals surface area contributed by atoms with Crippen molar-refractivity contribution in [2.75, 3.05) is 38.4 Å². The Balaban J connectivity index is 4.40. The van der Waals surface area contributed by atoms with E-state index in [0.29, 0.717) is 38.0 Å². The molecule has 15 heteroatoms. The fourth-order valence-corrected chi connectivity index (χ4v) is 5.98. The van der Waals surface area contributed by atoms with Crippen LogP contribution in [0.5, 0.6) is 0 Å². The van der Waals surface area contributed by atoms with Gasteiger partial charge in [0.2, 0.25) is 11.8 Å². The van der Waals surface area contributed by atoms with E-state index in [0.717, 1.165) is 26.4 Å². The maximum atomic E-state index is 13.0. The molecule has 0 saturated carbocycles. The third-order valence-electron chi connectivity index (χ3n) is 7.58. The van der Waals surface area contributed by atoms with Gasteiger partial charge in [-0.1, -0.05) is 84.0 Å². The van der Waals surface area contributed by atoms with E-state index in [1.807, 2.05) is 0 Å². The van der Waals surface area contributed by atoms with Crippen LogP contribution in [0.15, 0.2) is 0 Å². The van der Waals surface area contributed by atoms with Crippen LogP contribution in [-0.4, -0.2) is 86.2 Å². The van der Waals surface area contributed by atoms with E-state index >= 15 is 0 Å². The molecule has 2 amide bonds. The molecule has 4 N–H and O–H groups in total. The minimum Gasteiger partial charge on any atom is -0.467 e. The highest BCUT2D eigenvalue weighted by atomic mass is 35.5. The molecule has 280 valence electrons. The van der Waals surface area contributed by atoms with E-state index in [4.69, 9.17) is 37.8 Å². The Labute approximate surface area is 302 Å². The molecule has 0 saturated heterocycles. The smallest absolute Gasteiger partial charge is 0.331 e. The van der Waals surface area contributed by atoms with Gasteiger partial charge in [0.25, 0.3) is 0 Å². The lowest BCUT2D eigenvalue weighted by Crippen LogP contribution is -2.54. The standard InChI is InChI=1S/C33H60Cl2N4O8S/c1-4-5-6-7-8-9-10-11-12-13-14-15-16-20-30(41)46-22-23-48-25-29(37-26(2)40)31(42)38-28(32(43)45-3)24-47-33(44)27(39-35)19-17-18-21-36-34/h27-29,36,39H,4-25H2,1-3H3,(H,37,40)(H,38,42)/t27-,28-,29-/m0/s1. The molecule has 0 aliphatic rings. The highest BCUT2D eigenvalue weighted by Gasteiger charge is 2.29. The quantitative estimate of drug-likeness (QED) is 0.0299. The molecule has 12 nitrogen and oxygen atoms in total. The van der Waals surface area contributed by atoms with Crippen LogP contribution in [-0.2, 0) is 38.2 Å². The predicted molar refractivity (Wildman–Crippen MR) is 192 cm³/mol. The lowest BCUT2D eigenvalue weighted by molar-refractivity contribution is -0.153. The molecule has 0 unspecified atom stereocenters. The molecule has 0 radical (unpaired) electrons. The summed E-state index contributed by atoms with van der Waals surface area (Å²) in [4.78, 5) is 66.5. The highest BCUT2D eigenvalue weighted by molar-refractivity contribution is 7.99. The van der Waals surface area contributed by atoms with Crippen molar-refractivity contribution in [3.8, 4) is 0 Å². The Hall–Kier alpha value is -1.80. The fraction of sp³-hybridized carbons (Fsp3) is 0.848. The molecule has 48 heavy (non-hydrogen) atoms. The van der Waals surface area contributed by atoms with E-state index in [-0.39, 0.29) is 18.3 Å². The minimum absolute atomic E-state index is 0.158. The van der Waals surface area contributed by atoms with Gasteiger partial charge in [0.05, 0.1) is 7.11 Å². The zero-order valence-corrected chi connectivity index (χ0v) is 31.5. The largest absolute Gasteiger partial charge is 0.467 e. The van der Waals surface area contributed by atoms with Gasteiger partial charge in [0.1, 0.15) is 25.3 Å². The molecule has 0 rings (SSSR count). The van der Waals surface area contributed by atoms with E-state index in [2.05, 4.69) is 27.2 Å². The van der Waals surface area contributed by atoms with E-state index in [9.17, 15) is 24.0 Å². The first kappa shape index (κ1) is 46.2. The van der Waals surface area contributed by atoms with Crippen molar-refractivity contribution < 1.29 is 38.2 Å². The van der Waals surface area contributed by atoms with Gasteiger partial charge in [0, 0.05) is 31.4 Å². The van der Waals surface area contributed by atoms with Gasteiger partial charge in [0.15, 0.2) is 6.04 Å². The van der Waals surface area contributed by atoms with Gasteiger partial charge >= 0.3 is 17.9 Å². The number of ether oxygens (including phenoxy) is 3. The summed E-state index contributed by atoms with van der Waals surface area (Å²) in [5, 5.41) is 5.04. The Morgan fingerprint density at radius 3 is 1.85 bits per heavy atom. The summed E-state index contributed by atoms with van der Waals surface area (Å²) in [6.07, 6.45) is 18.2. The number of nitrogens with one attached hydrogen (secondary N) is 4. The van der Waals surface area contributed by atoms with E-state index < -0.39 is 48.5 Å². The summed E-state index contributed by atoms with van der Waals surface area (Å²) in [6.45, 7) is 3.75. The molecule has 0 aromatic carbocycles. The topological polar surface area (TPSA) is 161 Å². The van der Waals surface area contributed by atoms with Gasteiger partial charge in [-0.2, -0.15) is 11.8 Å². The summed E-state index contributed by atoms with van der Waals surface area (Å²) < 4.78 is 15.3. The Morgan fingerprint density at radius 1 is 0.708 bits per heavy atom. The first-order chi connectivity index (χ1) is 23.2. The van der Waals surface area contributed by atoms with Crippen LogP contribution >= 0.6 is 35.3 Å². The molecule has 0 aromatic heterocycles. The van der Waals surface area contributed by atoms with Gasteiger partial charge < -0.3 is 24.8 Å². The molecule has 0 aromatic rings. The van der Waals surface area contributed by atoms with Gasteiger partial charge in [-0.25, -0.2) is 14.5 Å². The molecule has 0 bridgehead atoms. The molecule has 0 spiro atoms. The van der Waals surface area contributed by atoms with Crippen LogP contribution in [0.25, 0.3) is 0 Å². The number of carbonyl (C=O) groups is 5. The van der Waals surface area contributed by atoms with E-state index in [1.54, 1.807) is 0 Å². The van der Waals surface area contributed by atoms with Crippen LogP contribution in [0, 0.1) is 0 Å².